The number of hydrogen-bond acceptors (Lipinski definition) is 8. The lowest BCUT2D eigenvalue weighted by molar-refractivity contribution is -0.275. The Morgan fingerprint density at radius 1 is 1.12 bits per heavy atom. The first kappa shape index (κ1) is 26.9. The number of benzene rings is 1. The van der Waals surface area contributed by atoms with Crippen LogP contribution in [0.15, 0.2) is 24.3 Å². The summed E-state index contributed by atoms with van der Waals surface area (Å²) in [7, 11) is 0. The van der Waals surface area contributed by atoms with Gasteiger partial charge in [-0.25, -0.2) is 0 Å². The van der Waals surface area contributed by atoms with E-state index in [0.29, 0.717) is 31.2 Å². The van der Waals surface area contributed by atoms with E-state index in [1.54, 1.807) is 19.1 Å². The first-order chi connectivity index (χ1) is 16.2. The highest BCUT2D eigenvalue weighted by Crippen LogP contribution is 2.37. The number of para-hydroxylation sites is 1. The molecule has 2 aliphatic heterocycles. The topological polar surface area (TPSA) is 104 Å². The molecule has 8 nitrogen and oxygen atoms in total. The number of phenolic OH excluding ortho intramolecular Hbond substituents is 1. The van der Waals surface area contributed by atoms with E-state index in [-0.39, 0.29) is 48.5 Å². The molecule has 2 saturated heterocycles. The number of carbonyl (C=O) groups is 1. The molecule has 0 saturated carbocycles. The minimum absolute atomic E-state index is 0.0185. The first-order valence-electron chi connectivity index (χ1n) is 12.5. The average molecular weight is 481 g/mol. The van der Waals surface area contributed by atoms with Crippen molar-refractivity contribution in [3.8, 4) is 5.75 Å². The molecule has 8 atom stereocenters. The molecule has 192 valence electrons. The van der Waals surface area contributed by atoms with E-state index in [2.05, 4.69) is 6.92 Å². The maximum atomic E-state index is 11.1. The van der Waals surface area contributed by atoms with E-state index in [1.165, 1.54) is 6.92 Å². The summed E-state index contributed by atoms with van der Waals surface area (Å²) < 4.78 is 29.7. The molecule has 0 radical (unpaired) electrons. The Labute approximate surface area is 202 Å². The van der Waals surface area contributed by atoms with E-state index in [0.717, 1.165) is 19.3 Å². The van der Waals surface area contributed by atoms with Crippen molar-refractivity contribution in [3.05, 3.63) is 29.8 Å². The third kappa shape index (κ3) is 8.20. The van der Waals surface area contributed by atoms with E-state index in [1.807, 2.05) is 19.1 Å². The predicted octanol–water partition coefficient (Wildman–Crippen LogP) is 4.37. The van der Waals surface area contributed by atoms with Crippen LogP contribution in [0.25, 0.3) is 0 Å². The van der Waals surface area contributed by atoms with Gasteiger partial charge >= 0.3 is 5.97 Å². The SMILES string of the molecule is CCCC1OC(CC(O)CC(C)OC(C)=O)CC(CC2CC(C)OC(c3ccccc3O)O2)O1. The highest BCUT2D eigenvalue weighted by molar-refractivity contribution is 5.66. The molecular weight excluding hydrogens is 440 g/mol. The van der Waals surface area contributed by atoms with Gasteiger partial charge in [0.25, 0.3) is 0 Å². The standard InChI is InChI=1S/C26H40O8/c1-5-8-25-32-21(13-19(28)11-16(2)30-18(4)27)15-22(33-25)14-20-12-17(3)31-26(34-20)23-9-6-7-10-24(23)29/h6-7,9-10,16-17,19-22,25-26,28-29H,5,8,11-15H2,1-4H3. The molecule has 0 bridgehead atoms. The molecule has 0 aromatic heterocycles. The highest BCUT2D eigenvalue weighted by Gasteiger charge is 2.36. The van der Waals surface area contributed by atoms with Crippen LogP contribution in [0.2, 0.25) is 0 Å². The Kier molecular flexibility index (Phi) is 10.2. The van der Waals surface area contributed by atoms with Crippen LogP contribution in [0.1, 0.15) is 84.5 Å². The quantitative estimate of drug-likeness (QED) is 0.476. The molecule has 8 heteroatoms. The molecule has 2 heterocycles. The van der Waals surface area contributed by atoms with E-state index >= 15 is 0 Å². The zero-order valence-electron chi connectivity index (χ0n) is 20.7. The van der Waals surface area contributed by atoms with Crippen molar-refractivity contribution in [2.24, 2.45) is 0 Å². The fraction of sp³-hybridized carbons (Fsp3) is 0.731. The Bertz CT molecular complexity index is 771. The number of ether oxygens (including phenoxy) is 5. The summed E-state index contributed by atoms with van der Waals surface area (Å²) in [6.07, 6.45) is 2.32. The molecule has 8 unspecified atom stereocenters. The third-order valence-electron chi connectivity index (χ3n) is 6.23. The van der Waals surface area contributed by atoms with E-state index in [9.17, 15) is 15.0 Å². The maximum Gasteiger partial charge on any atom is 0.302 e. The summed E-state index contributed by atoms with van der Waals surface area (Å²) in [5.74, 6) is -0.194. The fourth-order valence-electron chi connectivity index (χ4n) is 4.83. The lowest BCUT2D eigenvalue weighted by Gasteiger charge is -2.40. The molecule has 2 N–H and O–H groups in total. The summed E-state index contributed by atoms with van der Waals surface area (Å²) in [4.78, 5) is 11.1. The minimum atomic E-state index is -0.634. The lowest BCUT2D eigenvalue weighted by Crippen LogP contribution is -2.43. The van der Waals surface area contributed by atoms with Gasteiger partial charge in [0.05, 0.1) is 30.5 Å². The Morgan fingerprint density at radius 3 is 2.53 bits per heavy atom. The van der Waals surface area contributed by atoms with Crippen molar-refractivity contribution < 1.29 is 38.7 Å². The number of carbonyl (C=O) groups excluding carboxylic acids is 1. The summed E-state index contributed by atoms with van der Waals surface area (Å²) in [5, 5.41) is 20.8. The van der Waals surface area contributed by atoms with Crippen molar-refractivity contribution in [2.45, 2.75) is 122 Å². The number of aromatic hydroxyl groups is 1. The molecule has 0 amide bonds. The smallest absolute Gasteiger partial charge is 0.302 e. The monoisotopic (exact) mass is 480 g/mol. The van der Waals surface area contributed by atoms with Crippen molar-refractivity contribution >= 4 is 5.97 Å². The van der Waals surface area contributed by atoms with Gasteiger partial charge in [0.15, 0.2) is 12.6 Å². The number of phenols is 1. The van der Waals surface area contributed by atoms with Crippen molar-refractivity contribution in [1.82, 2.24) is 0 Å². The molecule has 0 aliphatic carbocycles. The van der Waals surface area contributed by atoms with Gasteiger partial charge in [-0.1, -0.05) is 31.5 Å². The molecular formula is C26H40O8. The number of esters is 1. The van der Waals surface area contributed by atoms with Gasteiger partial charge in [-0.2, -0.15) is 0 Å². The highest BCUT2D eigenvalue weighted by atomic mass is 16.7. The number of aliphatic hydroxyl groups excluding tert-OH is 1. The maximum absolute atomic E-state index is 11.1. The lowest BCUT2D eigenvalue weighted by atomic mass is 9.95. The van der Waals surface area contributed by atoms with Gasteiger partial charge in [0, 0.05) is 31.7 Å². The number of aliphatic hydroxyl groups is 1. The fourth-order valence-corrected chi connectivity index (χ4v) is 4.83. The van der Waals surface area contributed by atoms with Gasteiger partial charge in [0.2, 0.25) is 0 Å². The van der Waals surface area contributed by atoms with Crippen LogP contribution in [-0.4, -0.2) is 59.1 Å². The second-order valence-corrected chi connectivity index (χ2v) is 9.58. The summed E-state index contributed by atoms with van der Waals surface area (Å²) in [5.41, 5.74) is 0.624. The molecule has 2 aliphatic rings. The first-order valence-corrected chi connectivity index (χ1v) is 12.5. The van der Waals surface area contributed by atoms with Crippen LogP contribution in [0, 0.1) is 0 Å². The van der Waals surface area contributed by atoms with Crippen LogP contribution >= 0.6 is 0 Å². The molecule has 1 aromatic rings. The van der Waals surface area contributed by atoms with E-state index < -0.39 is 12.4 Å². The normalized spacial score (nSPS) is 31.6. The predicted molar refractivity (Wildman–Crippen MR) is 125 cm³/mol. The summed E-state index contributed by atoms with van der Waals surface area (Å²) in [6.45, 7) is 7.24. The van der Waals surface area contributed by atoms with Gasteiger partial charge < -0.3 is 33.9 Å². The van der Waals surface area contributed by atoms with Crippen LogP contribution < -0.4 is 0 Å². The zero-order chi connectivity index (χ0) is 24.7. The minimum Gasteiger partial charge on any atom is -0.507 e. The van der Waals surface area contributed by atoms with Crippen LogP contribution in [0.4, 0.5) is 0 Å². The second kappa shape index (κ2) is 12.8. The summed E-state index contributed by atoms with van der Waals surface area (Å²) in [6, 6.07) is 7.07. The molecule has 2 fully saturated rings. The van der Waals surface area contributed by atoms with Crippen molar-refractivity contribution in [1.29, 1.82) is 0 Å². The van der Waals surface area contributed by atoms with Crippen LogP contribution in [0.3, 0.4) is 0 Å². The third-order valence-corrected chi connectivity index (χ3v) is 6.23. The average Bonchev–Trinajstić information content (AvgIpc) is 2.73. The molecule has 3 rings (SSSR count). The second-order valence-electron chi connectivity index (χ2n) is 9.58. The van der Waals surface area contributed by atoms with Gasteiger partial charge in [-0.3, -0.25) is 4.79 Å². The van der Waals surface area contributed by atoms with Crippen LogP contribution in [-0.2, 0) is 28.5 Å². The Balaban J connectivity index is 1.59. The van der Waals surface area contributed by atoms with Gasteiger partial charge in [-0.05, 0) is 39.2 Å². The molecule has 1 aromatic carbocycles. The number of rotatable bonds is 10. The van der Waals surface area contributed by atoms with Gasteiger partial charge in [0.1, 0.15) is 11.9 Å². The van der Waals surface area contributed by atoms with Crippen LogP contribution in [0.5, 0.6) is 5.75 Å². The number of hydrogen-bond donors (Lipinski definition) is 2. The molecule has 0 spiro atoms. The molecule has 34 heavy (non-hydrogen) atoms. The summed E-state index contributed by atoms with van der Waals surface area (Å²) >= 11 is 0. The zero-order valence-corrected chi connectivity index (χ0v) is 20.7. The largest absolute Gasteiger partial charge is 0.507 e. The Hall–Kier alpha value is -1.71. The van der Waals surface area contributed by atoms with E-state index in [4.69, 9.17) is 23.7 Å². The van der Waals surface area contributed by atoms with Crippen molar-refractivity contribution in [2.75, 3.05) is 0 Å². The van der Waals surface area contributed by atoms with Gasteiger partial charge in [-0.15, -0.1) is 0 Å². The van der Waals surface area contributed by atoms with Crippen molar-refractivity contribution in [3.63, 3.8) is 0 Å². The Morgan fingerprint density at radius 2 is 1.82 bits per heavy atom.